The van der Waals surface area contributed by atoms with Crippen molar-refractivity contribution in [1.29, 1.82) is 0 Å². The van der Waals surface area contributed by atoms with E-state index in [0.717, 1.165) is 0 Å². The van der Waals surface area contributed by atoms with E-state index in [9.17, 15) is 35.4 Å². The molecule has 2 fully saturated rings. The van der Waals surface area contributed by atoms with Gasteiger partial charge in [-0.2, -0.15) is 0 Å². The molecule has 11 heteroatoms. The number of hydrogen-bond acceptors (Lipinski definition) is 11. The molecule has 0 spiro atoms. The molecule has 1 aromatic rings. The molecular formula is C24H30O11. The number of ether oxygens (including phenoxy) is 4. The third-order valence-electron chi connectivity index (χ3n) is 6.67. The summed E-state index contributed by atoms with van der Waals surface area (Å²) in [6, 6.07) is 6.26. The summed E-state index contributed by atoms with van der Waals surface area (Å²) in [7, 11) is 0. The number of aliphatic hydroxyl groups excluding tert-OH is 4. The molecule has 6 N–H and O–H groups in total. The molecule has 4 rings (SSSR count). The predicted molar refractivity (Wildman–Crippen MR) is 118 cm³/mol. The van der Waals surface area contributed by atoms with Crippen molar-refractivity contribution in [3.63, 3.8) is 0 Å². The zero-order valence-corrected chi connectivity index (χ0v) is 19.0. The first-order valence-corrected chi connectivity index (χ1v) is 11.3. The van der Waals surface area contributed by atoms with E-state index in [1.165, 1.54) is 30.5 Å². The minimum absolute atomic E-state index is 0.0867. The van der Waals surface area contributed by atoms with Crippen molar-refractivity contribution in [2.75, 3.05) is 6.61 Å². The van der Waals surface area contributed by atoms with E-state index in [4.69, 9.17) is 18.9 Å². The van der Waals surface area contributed by atoms with Crippen molar-refractivity contribution in [3.05, 3.63) is 48.2 Å². The van der Waals surface area contributed by atoms with Gasteiger partial charge >= 0.3 is 5.97 Å². The van der Waals surface area contributed by atoms with Crippen molar-refractivity contribution in [3.8, 4) is 5.75 Å². The lowest BCUT2D eigenvalue weighted by atomic mass is 9.85. The van der Waals surface area contributed by atoms with Crippen LogP contribution in [-0.4, -0.2) is 91.9 Å². The lowest BCUT2D eigenvalue weighted by Crippen LogP contribution is -2.60. The fourth-order valence-electron chi connectivity index (χ4n) is 4.83. The quantitative estimate of drug-likeness (QED) is 0.220. The summed E-state index contributed by atoms with van der Waals surface area (Å²) in [5.41, 5.74) is -0.699. The monoisotopic (exact) mass is 494 g/mol. The number of aliphatic hydroxyl groups is 5. The van der Waals surface area contributed by atoms with Gasteiger partial charge in [0.2, 0.25) is 6.29 Å². The fourth-order valence-corrected chi connectivity index (χ4v) is 4.83. The molecule has 10 atom stereocenters. The number of benzene rings is 1. The van der Waals surface area contributed by atoms with Gasteiger partial charge in [-0.1, -0.05) is 12.1 Å². The number of aromatic hydroxyl groups is 1. The zero-order valence-electron chi connectivity index (χ0n) is 19.0. The van der Waals surface area contributed by atoms with Crippen LogP contribution in [-0.2, 0) is 23.7 Å². The summed E-state index contributed by atoms with van der Waals surface area (Å²) in [4.78, 5) is 12.4. The van der Waals surface area contributed by atoms with Gasteiger partial charge in [0.15, 0.2) is 6.29 Å². The van der Waals surface area contributed by atoms with Crippen LogP contribution in [0, 0.1) is 11.8 Å². The molecule has 1 aromatic carbocycles. The molecule has 35 heavy (non-hydrogen) atoms. The van der Waals surface area contributed by atoms with Crippen molar-refractivity contribution in [1.82, 2.24) is 0 Å². The Labute approximate surface area is 201 Å². The van der Waals surface area contributed by atoms with Gasteiger partial charge in [0, 0.05) is 18.4 Å². The van der Waals surface area contributed by atoms with Crippen LogP contribution in [0.2, 0.25) is 0 Å². The van der Waals surface area contributed by atoms with Crippen molar-refractivity contribution in [2.45, 2.75) is 62.0 Å². The Morgan fingerprint density at radius 3 is 2.54 bits per heavy atom. The molecule has 2 aliphatic heterocycles. The number of hydrogen-bond donors (Lipinski definition) is 6. The average molecular weight is 494 g/mol. The molecule has 11 nitrogen and oxygen atoms in total. The molecule has 1 saturated heterocycles. The number of carbonyl (C=O) groups excluding carboxylic acids is 1. The topological polar surface area (TPSA) is 175 Å². The maximum absolute atomic E-state index is 12.4. The largest absolute Gasteiger partial charge is 0.508 e. The maximum Gasteiger partial charge on any atom is 0.331 e. The Balaban J connectivity index is 1.44. The third kappa shape index (κ3) is 5.36. The second-order valence-corrected chi connectivity index (χ2v) is 9.23. The molecular weight excluding hydrogens is 464 g/mol. The van der Waals surface area contributed by atoms with E-state index in [-0.39, 0.29) is 12.2 Å². The van der Waals surface area contributed by atoms with Crippen molar-refractivity contribution < 1.29 is 54.4 Å². The first-order valence-electron chi connectivity index (χ1n) is 11.3. The Hall–Kier alpha value is -2.51. The van der Waals surface area contributed by atoms with E-state index in [1.54, 1.807) is 25.1 Å². The van der Waals surface area contributed by atoms with Gasteiger partial charge < -0.3 is 49.6 Å². The minimum atomic E-state index is -1.63. The van der Waals surface area contributed by atoms with Crippen LogP contribution in [0.1, 0.15) is 18.9 Å². The number of fused-ring (bicyclic) bond motifs is 1. The Morgan fingerprint density at radius 2 is 1.86 bits per heavy atom. The van der Waals surface area contributed by atoms with Crippen LogP contribution in [0.15, 0.2) is 42.7 Å². The number of phenolic OH excluding ortho intramolecular Hbond substituents is 1. The van der Waals surface area contributed by atoms with Crippen LogP contribution < -0.4 is 0 Å². The molecule has 2 heterocycles. The number of phenols is 1. The molecule has 0 amide bonds. The SMILES string of the molecule is C[C@]1(O)C[C@@H](OC(=O)C=Cc2ccc(O)cc2)[C@@H]2C=CO[C@@H](O[C@@H]3O[C@H](CO)[C@@H](O)[C@H](O)[C@H]3O)[C@@H]21. The highest BCUT2D eigenvalue weighted by Crippen LogP contribution is 2.48. The standard InChI is InChI=1S/C24H30O11/c1-24(31)10-15(33-17(27)7-4-12-2-5-13(26)6-3-12)14-8-9-32-22(18(14)24)35-23-21(30)20(29)19(28)16(11-25)34-23/h2-9,14-16,18-23,25-26,28-31H,10-11H2,1H3/t14-,15+,16+,18+,19+,20-,21+,22-,23-,24-/m0/s1. The van der Waals surface area contributed by atoms with Crippen molar-refractivity contribution in [2.24, 2.45) is 11.8 Å². The smallest absolute Gasteiger partial charge is 0.331 e. The zero-order chi connectivity index (χ0) is 25.3. The van der Waals surface area contributed by atoms with Gasteiger partial charge in [0.25, 0.3) is 0 Å². The predicted octanol–water partition coefficient (Wildman–Crippen LogP) is -0.609. The molecule has 192 valence electrons. The fraction of sp³-hybridized carbons (Fsp3) is 0.542. The normalized spacial score (nSPS) is 40.9. The molecule has 3 aliphatic rings. The second-order valence-electron chi connectivity index (χ2n) is 9.23. The van der Waals surface area contributed by atoms with E-state index in [1.807, 2.05) is 0 Å². The third-order valence-corrected chi connectivity index (χ3v) is 6.67. The van der Waals surface area contributed by atoms with E-state index in [2.05, 4.69) is 0 Å². The highest BCUT2D eigenvalue weighted by molar-refractivity contribution is 5.87. The van der Waals surface area contributed by atoms with Gasteiger partial charge in [-0.05, 0) is 36.8 Å². The first kappa shape index (κ1) is 25.6. The summed E-state index contributed by atoms with van der Waals surface area (Å²) in [5.74, 6) is -1.72. The minimum Gasteiger partial charge on any atom is -0.508 e. The van der Waals surface area contributed by atoms with Gasteiger partial charge in [-0.15, -0.1) is 0 Å². The van der Waals surface area contributed by atoms with Gasteiger partial charge in [0.05, 0.1) is 24.4 Å². The van der Waals surface area contributed by atoms with Crippen LogP contribution >= 0.6 is 0 Å². The average Bonchev–Trinajstić information content (AvgIpc) is 3.09. The maximum atomic E-state index is 12.4. The molecule has 0 unspecified atom stereocenters. The lowest BCUT2D eigenvalue weighted by molar-refractivity contribution is -0.346. The summed E-state index contributed by atoms with van der Waals surface area (Å²) in [6.45, 7) is 0.937. The highest BCUT2D eigenvalue weighted by atomic mass is 16.8. The molecule has 0 radical (unpaired) electrons. The lowest BCUT2D eigenvalue weighted by Gasteiger charge is -2.43. The van der Waals surface area contributed by atoms with Gasteiger partial charge in [-0.3, -0.25) is 0 Å². The highest BCUT2D eigenvalue weighted by Gasteiger charge is 2.57. The summed E-state index contributed by atoms with van der Waals surface area (Å²) in [5, 5.41) is 60.1. The Kier molecular flexibility index (Phi) is 7.48. The molecule has 0 aromatic heterocycles. The molecule has 0 bridgehead atoms. The summed E-state index contributed by atoms with van der Waals surface area (Å²) < 4.78 is 22.3. The van der Waals surface area contributed by atoms with Crippen LogP contribution in [0.25, 0.3) is 6.08 Å². The Bertz CT molecular complexity index is 941. The summed E-state index contributed by atoms with van der Waals surface area (Å²) in [6.07, 6.45) is -3.39. The van der Waals surface area contributed by atoms with Crippen LogP contribution in [0.5, 0.6) is 5.75 Å². The summed E-state index contributed by atoms with van der Waals surface area (Å²) >= 11 is 0. The van der Waals surface area contributed by atoms with Gasteiger partial charge in [-0.25, -0.2) is 4.79 Å². The second kappa shape index (κ2) is 10.2. The van der Waals surface area contributed by atoms with Crippen LogP contribution in [0.4, 0.5) is 0 Å². The van der Waals surface area contributed by atoms with Crippen molar-refractivity contribution >= 4 is 12.0 Å². The number of esters is 1. The molecule has 1 aliphatic carbocycles. The first-order chi connectivity index (χ1) is 16.6. The number of rotatable bonds is 6. The Morgan fingerprint density at radius 1 is 1.14 bits per heavy atom. The van der Waals surface area contributed by atoms with Gasteiger partial charge in [0.1, 0.15) is 36.3 Å². The number of carbonyl (C=O) groups is 1. The van der Waals surface area contributed by atoms with E-state index < -0.39 is 73.1 Å². The van der Waals surface area contributed by atoms with Crippen LogP contribution in [0.3, 0.4) is 0 Å². The van der Waals surface area contributed by atoms with E-state index in [0.29, 0.717) is 5.56 Å². The molecule has 1 saturated carbocycles. The van der Waals surface area contributed by atoms with E-state index >= 15 is 0 Å².